The van der Waals surface area contributed by atoms with Crippen molar-refractivity contribution in [2.24, 2.45) is 0 Å². The van der Waals surface area contributed by atoms with Crippen molar-refractivity contribution >= 4 is 33.0 Å². The summed E-state index contributed by atoms with van der Waals surface area (Å²) in [5.74, 6) is -0.323. The number of thiazole rings is 1. The molecule has 2 N–H and O–H groups in total. The maximum atomic E-state index is 12.1. The molecule has 0 saturated carbocycles. The van der Waals surface area contributed by atoms with Crippen LogP contribution in [0.3, 0.4) is 0 Å². The van der Waals surface area contributed by atoms with Gasteiger partial charge in [-0.05, 0) is 18.2 Å². The largest absolute Gasteiger partial charge is 0.324 e. The fourth-order valence-electron chi connectivity index (χ4n) is 1.73. The lowest BCUT2D eigenvalue weighted by atomic mass is 10.3. The third kappa shape index (κ3) is 3.62. The minimum Gasteiger partial charge on any atom is -0.324 e. The highest BCUT2D eigenvalue weighted by molar-refractivity contribution is 7.89. The first-order chi connectivity index (χ1) is 10.3. The number of benzene rings is 1. The molecule has 0 saturated heterocycles. The number of hydrogen-bond donors (Lipinski definition) is 2. The van der Waals surface area contributed by atoms with Crippen molar-refractivity contribution < 1.29 is 13.2 Å². The van der Waals surface area contributed by atoms with Gasteiger partial charge in [0, 0.05) is 31.4 Å². The summed E-state index contributed by atoms with van der Waals surface area (Å²) in [6, 6.07) is 6.07. The second kappa shape index (κ2) is 6.42. The Kier molecular flexibility index (Phi) is 4.79. The first-order valence-electron chi connectivity index (χ1n) is 6.31. The average Bonchev–Trinajstić information content (AvgIpc) is 2.84. The minimum absolute atomic E-state index is 0.00694. The first-order valence-corrected chi connectivity index (χ1v) is 8.63. The van der Waals surface area contributed by atoms with E-state index in [9.17, 15) is 13.2 Å². The number of amides is 1. The predicted octanol–water partition coefficient (Wildman–Crippen LogP) is 0.918. The van der Waals surface area contributed by atoms with Crippen molar-refractivity contribution in [2.75, 3.05) is 19.4 Å². The van der Waals surface area contributed by atoms with Gasteiger partial charge in [0.1, 0.15) is 6.54 Å². The van der Waals surface area contributed by atoms with Gasteiger partial charge >= 0.3 is 0 Å². The Labute approximate surface area is 132 Å². The molecule has 0 aliphatic heterocycles. The van der Waals surface area contributed by atoms with Gasteiger partial charge in [0.15, 0.2) is 4.80 Å². The van der Waals surface area contributed by atoms with Crippen molar-refractivity contribution in [1.82, 2.24) is 8.87 Å². The van der Waals surface area contributed by atoms with Gasteiger partial charge in [0.05, 0.1) is 4.90 Å². The molecule has 7 nitrogen and oxygen atoms in total. The molecule has 0 aliphatic carbocycles. The number of carbonyl (C=O) groups is 1. The maximum Gasteiger partial charge on any atom is 0.244 e. The zero-order valence-corrected chi connectivity index (χ0v) is 13.7. The molecule has 2 rings (SSSR count). The summed E-state index contributed by atoms with van der Waals surface area (Å²) in [4.78, 5) is 12.3. The van der Waals surface area contributed by atoms with Crippen LogP contribution >= 0.6 is 11.3 Å². The van der Waals surface area contributed by atoms with Gasteiger partial charge in [-0.15, -0.1) is 11.3 Å². The van der Waals surface area contributed by atoms with Crippen LogP contribution in [0.1, 0.15) is 0 Å². The van der Waals surface area contributed by atoms with Crippen molar-refractivity contribution in [1.29, 1.82) is 5.41 Å². The molecule has 1 aromatic heterocycles. The molecular formula is C13H16N4O3S2. The Morgan fingerprint density at radius 2 is 2.14 bits per heavy atom. The summed E-state index contributed by atoms with van der Waals surface area (Å²) < 4.78 is 26.7. The van der Waals surface area contributed by atoms with Crippen LogP contribution in [-0.4, -0.2) is 37.3 Å². The molecule has 1 heterocycles. The fraction of sp³-hybridized carbons (Fsp3) is 0.231. The number of carbonyl (C=O) groups excluding carboxylic acids is 1. The summed E-state index contributed by atoms with van der Waals surface area (Å²) in [5.41, 5.74) is 0.398. The molecule has 22 heavy (non-hydrogen) atoms. The molecular weight excluding hydrogens is 324 g/mol. The molecule has 0 bridgehead atoms. The molecule has 0 unspecified atom stereocenters. The number of nitrogens with one attached hydrogen (secondary N) is 2. The Balaban J connectivity index is 2.16. The molecule has 0 fully saturated rings. The van der Waals surface area contributed by atoms with E-state index in [1.54, 1.807) is 23.7 Å². The molecule has 9 heteroatoms. The van der Waals surface area contributed by atoms with Gasteiger partial charge < -0.3 is 9.88 Å². The predicted molar refractivity (Wildman–Crippen MR) is 84.1 cm³/mol. The average molecular weight is 340 g/mol. The van der Waals surface area contributed by atoms with Crippen LogP contribution in [0, 0.1) is 5.41 Å². The molecule has 0 spiro atoms. The normalized spacial score (nSPS) is 11.6. The highest BCUT2D eigenvalue weighted by Gasteiger charge is 2.17. The third-order valence-electron chi connectivity index (χ3n) is 2.89. The zero-order chi connectivity index (χ0) is 16.3. The Bertz CT molecular complexity index is 837. The van der Waals surface area contributed by atoms with E-state index in [0.717, 1.165) is 4.31 Å². The molecule has 1 amide bonds. The van der Waals surface area contributed by atoms with Crippen molar-refractivity contribution in [3.63, 3.8) is 0 Å². The lowest BCUT2D eigenvalue weighted by Gasteiger charge is -2.12. The van der Waals surface area contributed by atoms with E-state index in [1.807, 2.05) is 0 Å². The number of aromatic nitrogens is 1. The van der Waals surface area contributed by atoms with Crippen molar-refractivity contribution in [3.8, 4) is 0 Å². The summed E-state index contributed by atoms with van der Waals surface area (Å²) in [6.45, 7) is 0.00694. The molecule has 1 aromatic carbocycles. The maximum absolute atomic E-state index is 12.1. The van der Waals surface area contributed by atoms with Crippen molar-refractivity contribution in [2.45, 2.75) is 11.4 Å². The van der Waals surface area contributed by atoms with Crippen LogP contribution in [0.4, 0.5) is 5.69 Å². The Hall–Kier alpha value is -1.97. The number of hydrogen-bond acceptors (Lipinski definition) is 5. The SMILES string of the molecule is CN(C)S(=O)(=O)c1cccc(NC(=O)Cn2ccsc2=N)c1. The van der Waals surface area contributed by atoms with Crippen LogP contribution in [-0.2, 0) is 21.4 Å². The second-order valence-corrected chi connectivity index (χ2v) is 7.75. The lowest BCUT2D eigenvalue weighted by Crippen LogP contribution is -2.24. The smallest absolute Gasteiger partial charge is 0.244 e. The van der Waals surface area contributed by atoms with E-state index in [0.29, 0.717) is 5.69 Å². The highest BCUT2D eigenvalue weighted by Crippen LogP contribution is 2.17. The van der Waals surface area contributed by atoms with E-state index in [2.05, 4.69) is 5.32 Å². The van der Waals surface area contributed by atoms with Crippen LogP contribution in [0.5, 0.6) is 0 Å². The van der Waals surface area contributed by atoms with Gasteiger partial charge in [-0.2, -0.15) is 0 Å². The van der Waals surface area contributed by atoms with Gasteiger partial charge in [-0.3, -0.25) is 10.2 Å². The Morgan fingerprint density at radius 1 is 1.41 bits per heavy atom. The van der Waals surface area contributed by atoms with Gasteiger partial charge in [-0.25, -0.2) is 12.7 Å². The number of sulfonamides is 1. The van der Waals surface area contributed by atoms with Gasteiger partial charge in [0.25, 0.3) is 0 Å². The zero-order valence-electron chi connectivity index (χ0n) is 12.1. The number of anilines is 1. The number of rotatable bonds is 5. The van der Waals surface area contributed by atoms with E-state index in [1.165, 1.54) is 42.1 Å². The van der Waals surface area contributed by atoms with Crippen LogP contribution in [0.2, 0.25) is 0 Å². The Morgan fingerprint density at radius 3 is 2.73 bits per heavy atom. The standard InChI is InChI=1S/C13H16N4O3S2/c1-16(2)22(19,20)11-5-3-4-10(8-11)15-12(18)9-17-6-7-21-13(17)14/h3-8,14H,9H2,1-2H3,(H,15,18). The topological polar surface area (TPSA) is 95.3 Å². The van der Waals surface area contributed by atoms with E-state index >= 15 is 0 Å². The number of nitrogens with zero attached hydrogens (tertiary/aromatic N) is 2. The van der Waals surface area contributed by atoms with Crippen LogP contribution in [0.25, 0.3) is 0 Å². The third-order valence-corrected chi connectivity index (χ3v) is 5.42. The molecule has 0 radical (unpaired) electrons. The summed E-state index contributed by atoms with van der Waals surface area (Å²) in [5, 5.41) is 12.0. The summed E-state index contributed by atoms with van der Waals surface area (Å²) in [7, 11) is -0.647. The molecule has 0 aliphatic rings. The quantitative estimate of drug-likeness (QED) is 0.847. The monoisotopic (exact) mass is 340 g/mol. The molecule has 0 atom stereocenters. The molecule has 118 valence electrons. The van der Waals surface area contributed by atoms with E-state index in [-0.39, 0.29) is 22.1 Å². The van der Waals surface area contributed by atoms with Crippen LogP contribution in [0.15, 0.2) is 40.7 Å². The molecule has 2 aromatic rings. The minimum atomic E-state index is -3.54. The van der Waals surface area contributed by atoms with E-state index < -0.39 is 10.0 Å². The second-order valence-electron chi connectivity index (χ2n) is 4.70. The fourth-order valence-corrected chi connectivity index (χ4v) is 3.27. The van der Waals surface area contributed by atoms with E-state index in [4.69, 9.17) is 5.41 Å². The highest BCUT2D eigenvalue weighted by atomic mass is 32.2. The van der Waals surface area contributed by atoms with Crippen molar-refractivity contribution in [3.05, 3.63) is 40.6 Å². The first kappa shape index (κ1) is 16.4. The van der Waals surface area contributed by atoms with Gasteiger partial charge in [-0.1, -0.05) is 6.07 Å². The van der Waals surface area contributed by atoms with Gasteiger partial charge in [0.2, 0.25) is 15.9 Å². The summed E-state index contributed by atoms with van der Waals surface area (Å²) >= 11 is 1.23. The summed E-state index contributed by atoms with van der Waals surface area (Å²) in [6.07, 6.45) is 1.65. The van der Waals surface area contributed by atoms with Crippen LogP contribution < -0.4 is 10.1 Å². The lowest BCUT2D eigenvalue weighted by molar-refractivity contribution is -0.116.